The Hall–Kier alpha value is -4.17. The summed E-state index contributed by atoms with van der Waals surface area (Å²) >= 11 is 1.29. The van der Waals surface area contributed by atoms with E-state index in [0.29, 0.717) is 22.3 Å². The number of hydrogen-bond acceptors (Lipinski definition) is 7. The quantitative estimate of drug-likeness (QED) is 0.262. The molecule has 0 radical (unpaired) electrons. The summed E-state index contributed by atoms with van der Waals surface area (Å²) in [5.74, 6) is -0.0273. The van der Waals surface area contributed by atoms with Crippen molar-refractivity contribution in [2.45, 2.75) is 20.0 Å². The maximum Gasteiger partial charge on any atom is 0.310 e. The molecule has 0 saturated heterocycles. The first kappa shape index (κ1) is 22.6. The summed E-state index contributed by atoms with van der Waals surface area (Å²) in [5.41, 5.74) is 2.66. The Bertz CT molecular complexity index is 1540. The molecule has 2 aromatic heterocycles. The number of nitrogens with zero attached hydrogens (tertiary/aromatic N) is 2. The zero-order chi connectivity index (χ0) is 24.4. The van der Waals surface area contributed by atoms with Crippen LogP contribution in [-0.2, 0) is 27.4 Å². The van der Waals surface area contributed by atoms with Crippen LogP contribution in [0.25, 0.3) is 21.7 Å². The van der Waals surface area contributed by atoms with E-state index >= 15 is 0 Å². The molecule has 0 N–H and O–H groups in total. The third-order valence-electron chi connectivity index (χ3n) is 5.63. The number of thiazole rings is 1. The summed E-state index contributed by atoms with van der Waals surface area (Å²) in [6.45, 7) is 1.47. The van der Waals surface area contributed by atoms with Gasteiger partial charge in [-0.05, 0) is 29.0 Å². The number of furan rings is 1. The van der Waals surface area contributed by atoms with Gasteiger partial charge in [-0.1, -0.05) is 42.5 Å². The van der Waals surface area contributed by atoms with Gasteiger partial charge in [-0.2, -0.15) is 0 Å². The number of aromatic nitrogens is 1. The number of carbonyl (C=O) groups is 2. The van der Waals surface area contributed by atoms with Gasteiger partial charge in [-0.15, -0.1) is 11.3 Å². The Morgan fingerprint density at radius 1 is 1.06 bits per heavy atom. The number of hydrogen-bond donors (Lipinski definition) is 0. The van der Waals surface area contributed by atoms with Crippen LogP contribution in [-0.4, -0.2) is 24.0 Å². The lowest BCUT2D eigenvalue weighted by Crippen LogP contribution is -2.23. The van der Waals surface area contributed by atoms with Crippen molar-refractivity contribution in [2.24, 2.45) is 0 Å². The van der Waals surface area contributed by atoms with Crippen molar-refractivity contribution in [3.8, 4) is 5.75 Å². The average molecular weight is 487 g/mol. The van der Waals surface area contributed by atoms with Crippen LogP contribution in [0.4, 0.5) is 10.8 Å². The molecule has 8 heteroatoms. The first-order chi connectivity index (χ1) is 17.0. The summed E-state index contributed by atoms with van der Waals surface area (Å²) in [6.07, 6.45) is 1.69. The van der Waals surface area contributed by atoms with E-state index in [0.717, 1.165) is 27.3 Å². The molecule has 7 nitrogen and oxygen atoms in total. The largest absolute Gasteiger partial charge is 0.495 e. The Morgan fingerprint density at radius 3 is 2.69 bits per heavy atom. The van der Waals surface area contributed by atoms with E-state index in [-0.39, 0.29) is 24.9 Å². The van der Waals surface area contributed by atoms with Crippen LogP contribution in [0.2, 0.25) is 0 Å². The molecule has 35 heavy (non-hydrogen) atoms. The van der Waals surface area contributed by atoms with E-state index < -0.39 is 0 Å². The first-order valence-electron chi connectivity index (χ1n) is 11.0. The van der Waals surface area contributed by atoms with E-state index in [2.05, 4.69) is 4.98 Å². The average Bonchev–Trinajstić information content (AvgIpc) is 3.50. The second-order valence-corrected chi connectivity index (χ2v) is 8.74. The van der Waals surface area contributed by atoms with E-state index in [1.165, 1.54) is 23.2 Å². The number of fused-ring (bicyclic) bond motifs is 3. The van der Waals surface area contributed by atoms with Crippen LogP contribution < -0.4 is 9.64 Å². The van der Waals surface area contributed by atoms with Crippen LogP contribution in [0.15, 0.2) is 76.7 Å². The van der Waals surface area contributed by atoms with E-state index in [4.69, 9.17) is 13.9 Å². The Labute approximate surface area is 205 Å². The lowest BCUT2D eigenvalue weighted by atomic mass is 10.0. The highest BCUT2D eigenvalue weighted by molar-refractivity contribution is 7.14. The molecule has 3 aromatic carbocycles. The van der Waals surface area contributed by atoms with Crippen LogP contribution in [0.1, 0.15) is 18.2 Å². The Kier molecular flexibility index (Phi) is 6.20. The molecule has 0 spiro atoms. The van der Waals surface area contributed by atoms with E-state index in [9.17, 15) is 9.59 Å². The summed E-state index contributed by atoms with van der Waals surface area (Å²) < 4.78 is 16.6. The molecule has 176 valence electrons. The number of ether oxygens (including phenoxy) is 2. The summed E-state index contributed by atoms with van der Waals surface area (Å²) in [6, 6.07) is 19.1. The summed E-state index contributed by atoms with van der Waals surface area (Å²) in [5, 5.41) is 5.28. The number of amides is 1. The number of methoxy groups -OCH3 is 1. The minimum absolute atomic E-state index is 0.00351. The van der Waals surface area contributed by atoms with Crippen molar-refractivity contribution in [1.29, 1.82) is 0 Å². The molecule has 2 heterocycles. The van der Waals surface area contributed by atoms with Gasteiger partial charge in [0.1, 0.15) is 17.9 Å². The number of anilines is 2. The summed E-state index contributed by atoms with van der Waals surface area (Å²) in [4.78, 5) is 31.1. The molecule has 0 atom stereocenters. The number of para-hydroxylation sites is 2. The van der Waals surface area contributed by atoms with Crippen molar-refractivity contribution >= 4 is 55.8 Å². The fraction of sp³-hybridized carbons (Fsp3) is 0.148. The zero-order valence-electron chi connectivity index (χ0n) is 19.2. The second-order valence-electron chi connectivity index (χ2n) is 7.91. The van der Waals surface area contributed by atoms with Crippen LogP contribution >= 0.6 is 11.3 Å². The Balaban J connectivity index is 1.31. The highest BCUT2D eigenvalue weighted by Gasteiger charge is 2.22. The topological polar surface area (TPSA) is 81.9 Å². The van der Waals surface area contributed by atoms with Crippen molar-refractivity contribution in [1.82, 2.24) is 4.98 Å². The van der Waals surface area contributed by atoms with Crippen molar-refractivity contribution in [2.75, 3.05) is 12.0 Å². The molecular formula is C27H22N2O5S. The van der Waals surface area contributed by atoms with Crippen molar-refractivity contribution < 1.29 is 23.5 Å². The summed E-state index contributed by atoms with van der Waals surface area (Å²) in [7, 11) is 1.55. The molecule has 0 unspecified atom stereocenters. The van der Waals surface area contributed by atoms with Gasteiger partial charge in [0.15, 0.2) is 5.13 Å². The van der Waals surface area contributed by atoms with Gasteiger partial charge < -0.3 is 13.9 Å². The predicted octanol–water partition coefficient (Wildman–Crippen LogP) is 6.02. The monoisotopic (exact) mass is 486 g/mol. The molecule has 0 aliphatic heterocycles. The predicted molar refractivity (Wildman–Crippen MR) is 135 cm³/mol. The number of carbonyl (C=O) groups excluding carboxylic acids is 2. The van der Waals surface area contributed by atoms with Gasteiger partial charge in [0, 0.05) is 23.3 Å². The van der Waals surface area contributed by atoms with E-state index in [1.807, 2.05) is 48.5 Å². The van der Waals surface area contributed by atoms with Crippen LogP contribution in [0.5, 0.6) is 5.75 Å². The lowest BCUT2D eigenvalue weighted by molar-refractivity contribution is -0.144. The maximum absolute atomic E-state index is 12.6. The molecule has 0 fully saturated rings. The van der Waals surface area contributed by atoms with Gasteiger partial charge in [-0.3, -0.25) is 14.5 Å². The minimum atomic E-state index is -0.386. The lowest BCUT2D eigenvalue weighted by Gasteiger charge is -2.20. The molecule has 0 bridgehead atoms. The molecule has 5 rings (SSSR count). The molecule has 0 aliphatic rings. The van der Waals surface area contributed by atoms with Gasteiger partial charge in [0.25, 0.3) is 0 Å². The SMILES string of the molecule is COc1ccccc1N(C(C)=O)c1nc(COC(=O)Cc2coc3ccc4ccccc4c23)cs1. The fourth-order valence-corrected chi connectivity index (χ4v) is 4.92. The van der Waals surface area contributed by atoms with Gasteiger partial charge in [0.05, 0.1) is 31.2 Å². The minimum Gasteiger partial charge on any atom is -0.495 e. The molecule has 0 aliphatic carbocycles. The number of esters is 1. The van der Waals surface area contributed by atoms with Gasteiger partial charge in [-0.25, -0.2) is 4.98 Å². The van der Waals surface area contributed by atoms with Crippen LogP contribution in [0.3, 0.4) is 0 Å². The highest BCUT2D eigenvalue weighted by atomic mass is 32.1. The Morgan fingerprint density at radius 2 is 1.86 bits per heavy atom. The third kappa shape index (κ3) is 4.48. The number of rotatable bonds is 7. The third-order valence-corrected chi connectivity index (χ3v) is 6.50. The first-order valence-corrected chi connectivity index (χ1v) is 11.8. The van der Waals surface area contributed by atoms with E-state index in [1.54, 1.807) is 30.9 Å². The van der Waals surface area contributed by atoms with Gasteiger partial charge >= 0.3 is 5.97 Å². The molecule has 0 saturated carbocycles. The molecule has 5 aromatic rings. The molecule has 1 amide bonds. The highest BCUT2D eigenvalue weighted by Crippen LogP contribution is 2.35. The van der Waals surface area contributed by atoms with Crippen LogP contribution in [0, 0.1) is 0 Å². The molecular weight excluding hydrogens is 464 g/mol. The van der Waals surface area contributed by atoms with Crippen molar-refractivity contribution in [3.05, 3.63) is 83.6 Å². The van der Waals surface area contributed by atoms with Crippen molar-refractivity contribution in [3.63, 3.8) is 0 Å². The van der Waals surface area contributed by atoms with Gasteiger partial charge in [0.2, 0.25) is 5.91 Å². The fourth-order valence-electron chi connectivity index (χ4n) is 4.05. The normalized spacial score (nSPS) is 11.0. The second kappa shape index (κ2) is 9.60. The number of benzene rings is 3. The maximum atomic E-state index is 12.6. The smallest absolute Gasteiger partial charge is 0.310 e. The standard InChI is InChI=1S/C27H22N2O5S/c1-17(30)29(22-9-5-6-10-23(22)32-2)27-28-20(16-35-27)15-34-25(31)13-19-14-33-24-12-11-18-7-3-4-8-21(18)26(19)24/h3-12,14,16H,13,15H2,1-2H3. The zero-order valence-corrected chi connectivity index (χ0v) is 20.0.